The molecule has 6 aromatic rings. The SMILES string of the molecule is [2H]c1cc2c(-c3c([2H])c([2H])c([2H])c([2H])c3[2H])c([2H])c(-c3c([2H])c([2H])c(N(c4ccccc4)c4ccccc4)c([2H])c3[2H])c([2H])c2c([2H])c1[2H]. The van der Waals surface area contributed by atoms with Crippen LogP contribution in [0.2, 0.25) is 0 Å². The molecule has 0 bridgehead atoms. The summed E-state index contributed by atoms with van der Waals surface area (Å²) >= 11 is 0. The van der Waals surface area contributed by atoms with Crippen LogP contribution in [0.1, 0.15) is 19.2 Å². The number of nitrogens with zero attached hydrogens (tertiary/aromatic N) is 1. The molecule has 0 fully saturated rings. The number of fused-ring (bicyclic) bond motifs is 1. The van der Waals surface area contributed by atoms with Crippen molar-refractivity contribution in [1.82, 2.24) is 0 Å². The lowest BCUT2D eigenvalue weighted by atomic mass is 9.93. The summed E-state index contributed by atoms with van der Waals surface area (Å²) in [7, 11) is 0. The van der Waals surface area contributed by atoms with Crippen molar-refractivity contribution < 1.29 is 19.2 Å². The van der Waals surface area contributed by atoms with E-state index in [0.717, 1.165) is 6.07 Å². The highest BCUT2D eigenvalue weighted by Crippen LogP contribution is 2.37. The van der Waals surface area contributed by atoms with E-state index in [9.17, 15) is 2.74 Å². The zero-order valence-electron chi connectivity index (χ0n) is 32.3. The van der Waals surface area contributed by atoms with E-state index in [-0.39, 0.29) is 22.0 Å². The minimum atomic E-state index is -0.718. The third-order valence-corrected chi connectivity index (χ3v) is 5.38. The molecule has 1 nitrogen and oxygen atoms in total. The molecule has 0 saturated heterocycles. The Morgan fingerprint density at radius 1 is 0.457 bits per heavy atom. The third kappa shape index (κ3) is 4.20. The van der Waals surface area contributed by atoms with Crippen molar-refractivity contribution in [2.45, 2.75) is 0 Å². The van der Waals surface area contributed by atoms with Crippen molar-refractivity contribution in [3.63, 3.8) is 0 Å². The van der Waals surface area contributed by atoms with Gasteiger partial charge in [-0.05, 0) is 81.5 Å². The Bertz CT molecular complexity index is 2230. The Kier molecular flexibility index (Phi) is 2.86. The highest BCUT2D eigenvalue weighted by atomic mass is 15.1. The maximum absolute atomic E-state index is 9.34. The summed E-state index contributed by atoms with van der Waals surface area (Å²) in [5.74, 6) is 0. The Morgan fingerprint density at radius 3 is 1.74 bits per heavy atom. The smallest absolute Gasteiger partial charge is 0.0645 e. The van der Waals surface area contributed by atoms with E-state index in [2.05, 4.69) is 0 Å². The second kappa shape index (κ2) is 9.32. The summed E-state index contributed by atoms with van der Waals surface area (Å²) in [6.07, 6.45) is 0. The number of hydrogen-bond donors (Lipinski definition) is 0. The van der Waals surface area contributed by atoms with Gasteiger partial charge in [0.15, 0.2) is 0 Å². The summed E-state index contributed by atoms with van der Waals surface area (Å²) < 4.78 is 122. The van der Waals surface area contributed by atoms with E-state index in [1.807, 2.05) is 0 Å². The molecule has 1 heteroatoms. The molecule has 0 amide bonds. The lowest BCUT2D eigenvalue weighted by Crippen LogP contribution is -2.09. The first-order valence-corrected chi connectivity index (χ1v) is 10.8. The largest absolute Gasteiger partial charge is 0.311 e. The predicted octanol–water partition coefficient (Wildman–Crippen LogP) is 9.64. The normalized spacial score (nSPS) is 16.5. The van der Waals surface area contributed by atoms with Gasteiger partial charge in [-0.3, -0.25) is 0 Å². The number of hydrogen-bond acceptors (Lipinski definition) is 1. The molecule has 0 spiro atoms. The minimum Gasteiger partial charge on any atom is -0.311 e. The van der Waals surface area contributed by atoms with Crippen LogP contribution >= 0.6 is 0 Å². The van der Waals surface area contributed by atoms with Gasteiger partial charge in [0, 0.05) is 17.1 Å². The van der Waals surface area contributed by atoms with Gasteiger partial charge in [0.25, 0.3) is 0 Å². The molecule has 0 heterocycles. The van der Waals surface area contributed by atoms with Crippen LogP contribution in [0.5, 0.6) is 0 Å². The topological polar surface area (TPSA) is 3.24 Å². The third-order valence-electron chi connectivity index (χ3n) is 5.38. The Balaban J connectivity index is 1.78. The quantitative estimate of drug-likeness (QED) is 0.247. The lowest BCUT2D eigenvalue weighted by Gasteiger charge is -2.25. The number of anilines is 3. The molecule has 0 saturated carbocycles. The average Bonchev–Trinajstić information content (AvgIpc) is 3.09. The number of para-hydroxylation sites is 2. The summed E-state index contributed by atoms with van der Waals surface area (Å²) in [6, 6.07) is 9.89. The van der Waals surface area contributed by atoms with Gasteiger partial charge in [-0.2, -0.15) is 0 Å². The van der Waals surface area contributed by atoms with E-state index in [1.54, 1.807) is 65.6 Å². The highest BCUT2D eigenvalue weighted by molar-refractivity contribution is 6.00. The molecular weight excluding hydrogens is 422 g/mol. The molecule has 0 radical (unpaired) electrons. The summed E-state index contributed by atoms with van der Waals surface area (Å²) in [4.78, 5) is 1.55. The molecule has 35 heavy (non-hydrogen) atoms. The van der Waals surface area contributed by atoms with Crippen molar-refractivity contribution in [2.75, 3.05) is 4.90 Å². The Morgan fingerprint density at radius 2 is 1.09 bits per heavy atom. The van der Waals surface area contributed by atoms with Gasteiger partial charge in [0.1, 0.15) is 0 Å². The van der Waals surface area contributed by atoms with Crippen LogP contribution in [-0.2, 0) is 0 Å². The van der Waals surface area contributed by atoms with Gasteiger partial charge in [-0.15, -0.1) is 0 Å². The van der Waals surface area contributed by atoms with Gasteiger partial charge >= 0.3 is 0 Å². The number of rotatable bonds is 5. The second-order valence-electron chi connectivity index (χ2n) is 7.56. The van der Waals surface area contributed by atoms with E-state index in [1.165, 1.54) is 0 Å². The first-order valence-electron chi connectivity index (χ1n) is 17.8. The molecule has 0 unspecified atom stereocenters. The van der Waals surface area contributed by atoms with Crippen molar-refractivity contribution in [2.24, 2.45) is 0 Å². The standard InChI is InChI=1S/C34H25N/c1-4-12-27(13-5-1)34-25-29(24-28-14-10-11-19-33(28)34)26-20-22-32(23-21-26)35(30-15-6-2-7-16-30)31-17-8-3-9-18-31/h1-25H/i1D,4D,5D,10D,11D,12D,13D,14D,20D,21D,22D,23D,24D,25D. The Labute approximate surface area is 226 Å². The molecule has 0 atom stereocenters. The fourth-order valence-electron chi connectivity index (χ4n) is 3.79. The predicted molar refractivity (Wildman–Crippen MR) is 150 cm³/mol. The summed E-state index contributed by atoms with van der Waals surface area (Å²) in [6.45, 7) is 0. The minimum absolute atomic E-state index is 0.116. The van der Waals surface area contributed by atoms with Crippen LogP contribution in [-0.4, -0.2) is 0 Å². The zero-order valence-corrected chi connectivity index (χ0v) is 18.3. The van der Waals surface area contributed by atoms with Gasteiger partial charge in [0.2, 0.25) is 0 Å². The Hall–Kier alpha value is -4.62. The molecule has 6 rings (SSSR count). The van der Waals surface area contributed by atoms with Gasteiger partial charge in [-0.1, -0.05) is 103 Å². The van der Waals surface area contributed by atoms with Crippen molar-refractivity contribution in [3.8, 4) is 22.3 Å². The van der Waals surface area contributed by atoms with Gasteiger partial charge in [0.05, 0.1) is 19.2 Å². The maximum atomic E-state index is 9.34. The monoisotopic (exact) mass is 461 g/mol. The van der Waals surface area contributed by atoms with Crippen molar-refractivity contribution in [1.29, 1.82) is 0 Å². The molecule has 6 aromatic carbocycles. The van der Waals surface area contributed by atoms with Gasteiger partial charge in [-0.25, -0.2) is 0 Å². The molecule has 0 aliphatic heterocycles. The fraction of sp³-hybridized carbons (Fsp3) is 0. The fourth-order valence-corrected chi connectivity index (χ4v) is 3.79. The van der Waals surface area contributed by atoms with Crippen LogP contribution in [0.15, 0.2) is 151 Å². The van der Waals surface area contributed by atoms with E-state index >= 15 is 0 Å². The van der Waals surface area contributed by atoms with Gasteiger partial charge < -0.3 is 4.90 Å². The summed E-state index contributed by atoms with van der Waals surface area (Å²) in [5.41, 5.74) is -0.852. The van der Waals surface area contributed by atoms with Crippen LogP contribution in [0.4, 0.5) is 17.1 Å². The van der Waals surface area contributed by atoms with Crippen molar-refractivity contribution in [3.05, 3.63) is 151 Å². The lowest BCUT2D eigenvalue weighted by molar-refractivity contribution is 1.28. The van der Waals surface area contributed by atoms with E-state index in [0.29, 0.717) is 11.4 Å². The van der Waals surface area contributed by atoms with Crippen LogP contribution in [0.25, 0.3) is 33.0 Å². The van der Waals surface area contributed by atoms with Crippen LogP contribution in [0.3, 0.4) is 0 Å². The molecule has 0 aliphatic rings. The number of benzene rings is 6. The van der Waals surface area contributed by atoms with Crippen molar-refractivity contribution >= 4 is 27.8 Å². The van der Waals surface area contributed by atoms with Crippen LogP contribution in [0, 0.1) is 0 Å². The van der Waals surface area contributed by atoms with E-state index in [4.69, 9.17) is 16.4 Å². The molecule has 0 aromatic heterocycles. The average molecular weight is 462 g/mol. The first kappa shape index (κ1) is 10.8. The molecule has 166 valence electrons. The zero-order chi connectivity index (χ0) is 35.6. The first-order chi connectivity index (χ1) is 23.2. The van der Waals surface area contributed by atoms with E-state index < -0.39 is 101 Å². The highest BCUT2D eigenvalue weighted by Gasteiger charge is 2.13. The molecular formula is C34H25N. The molecule has 0 N–H and O–H groups in total. The van der Waals surface area contributed by atoms with Crippen LogP contribution < -0.4 is 4.90 Å². The molecule has 0 aliphatic carbocycles. The maximum Gasteiger partial charge on any atom is 0.0645 e. The summed E-state index contributed by atoms with van der Waals surface area (Å²) in [5, 5.41) is -0.487. The second-order valence-corrected chi connectivity index (χ2v) is 7.56.